The third kappa shape index (κ3) is 3.30. The van der Waals surface area contributed by atoms with Crippen LogP contribution in [0.2, 0.25) is 18.1 Å². The van der Waals surface area contributed by atoms with Crippen molar-refractivity contribution in [1.29, 1.82) is 0 Å². The van der Waals surface area contributed by atoms with Crippen LogP contribution in [0.1, 0.15) is 34.1 Å². The van der Waals surface area contributed by atoms with Gasteiger partial charge >= 0.3 is 5.97 Å². The van der Waals surface area contributed by atoms with Crippen LogP contribution in [0.5, 0.6) is 0 Å². The van der Waals surface area contributed by atoms with Crippen LogP contribution in [0.4, 0.5) is 0 Å². The molecule has 1 saturated heterocycles. The summed E-state index contributed by atoms with van der Waals surface area (Å²) in [4.78, 5) is 10.7. The molecule has 0 unspecified atom stereocenters. The largest absolute Gasteiger partial charge is 0.479 e. The van der Waals surface area contributed by atoms with Crippen LogP contribution < -0.4 is 0 Å². The molecule has 0 aromatic rings. The van der Waals surface area contributed by atoms with Gasteiger partial charge in [0.15, 0.2) is 14.4 Å². The highest BCUT2D eigenvalue weighted by Crippen LogP contribution is 2.41. The number of ether oxygens (including phenoxy) is 1. The van der Waals surface area contributed by atoms with Gasteiger partial charge in [0, 0.05) is 13.0 Å². The Labute approximate surface area is 104 Å². The number of rotatable bonds is 5. The van der Waals surface area contributed by atoms with Gasteiger partial charge in [-0.2, -0.15) is 0 Å². The number of aliphatic carboxylic acids is 1. The van der Waals surface area contributed by atoms with Gasteiger partial charge in [0.1, 0.15) is 5.60 Å². The highest BCUT2D eigenvalue weighted by atomic mass is 28.4. The first-order valence-electron chi connectivity index (χ1n) is 6.04. The van der Waals surface area contributed by atoms with Gasteiger partial charge in [-0.05, 0) is 25.1 Å². The summed E-state index contributed by atoms with van der Waals surface area (Å²) in [5.74, 6) is -0.875. The second kappa shape index (κ2) is 4.37. The number of carboxylic acids is 1. The number of epoxide rings is 1. The molecule has 100 valence electrons. The van der Waals surface area contributed by atoms with Gasteiger partial charge in [-0.3, -0.25) is 0 Å². The van der Waals surface area contributed by atoms with Crippen LogP contribution in [-0.2, 0) is 14.0 Å². The molecular weight excluding hydrogens is 236 g/mol. The topological polar surface area (TPSA) is 59.1 Å². The Hall–Kier alpha value is -0.393. The highest BCUT2D eigenvalue weighted by molar-refractivity contribution is 6.74. The van der Waals surface area contributed by atoms with Gasteiger partial charge in [0.05, 0.1) is 0 Å². The van der Waals surface area contributed by atoms with Crippen molar-refractivity contribution in [2.75, 3.05) is 6.61 Å². The Morgan fingerprint density at radius 3 is 2.35 bits per heavy atom. The summed E-state index contributed by atoms with van der Waals surface area (Å²) in [6, 6.07) is 0. The maximum atomic E-state index is 10.7. The zero-order chi connectivity index (χ0) is 13.5. The number of hydrogen-bond acceptors (Lipinski definition) is 3. The van der Waals surface area contributed by atoms with Crippen molar-refractivity contribution in [3.63, 3.8) is 0 Å². The molecule has 1 N–H and O–H groups in total. The molecule has 0 aliphatic carbocycles. The molecule has 2 atom stereocenters. The molecule has 0 bridgehead atoms. The van der Waals surface area contributed by atoms with Gasteiger partial charge in [-0.15, -0.1) is 0 Å². The average molecular weight is 260 g/mol. The van der Waals surface area contributed by atoms with Crippen LogP contribution in [0, 0.1) is 0 Å². The number of carbonyl (C=O) groups is 1. The fourth-order valence-corrected chi connectivity index (χ4v) is 2.51. The molecule has 0 amide bonds. The number of hydrogen-bond donors (Lipinski definition) is 1. The lowest BCUT2D eigenvalue weighted by molar-refractivity contribution is -0.138. The molecular formula is C12H24O4Si. The Morgan fingerprint density at radius 1 is 1.47 bits per heavy atom. The minimum Gasteiger partial charge on any atom is -0.479 e. The van der Waals surface area contributed by atoms with Crippen molar-refractivity contribution in [3.05, 3.63) is 0 Å². The van der Waals surface area contributed by atoms with Gasteiger partial charge < -0.3 is 14.3 Å². The van der Waals surface area contributed by atoms with E-state index in [4.69, 9.17) is 14.3 Å². The van der Waals surface area contributed by atoms with Crippen molar-refractivity contribution in [1.82, 2.24) is 0 Å². The van der Waals surface area contributed by atoms with Crippen LogP contribution in [0.25, 0.3) is 0 Å². The van der Waals surface area contributed by atoms with Crippen molar-refractivity contribution >= 4 is 14.3 Å². The minimum atomic E-state index is -1.73. The third-order valence-electron chi connectivity index (χ3n) is 3.98. The second-order valence-corrected chi connectivity index (χ2v) is 11.3. The Balaban J connectivity index is 2.38. The fourth-order valence-electron chi connectivity index (χ4n) is 1.46. The lowest BCUT2D eigenvalue weighted by Gasteiger charge is -2.36. The van der Waals surface area contributed by atoms with E-state index in [9.17, 15) is 4.79 Å². The SMILES string of the molecule is CC(C)(C)[Si](C)(C)OCC[C@@]1(C)O[C@@H]1C(=O)O. The van der Waals surface area contributed by atoms with Crippen LogP contribution in [0.3, 0.4) is 0 Å². The van der Waals surface area contributed by atoms with E-state index in [0.29, 0.717) is 13.0 Å². The molecule has 0 radical (unpaired) electrons. The molecule has 1 rings (SSSR count). The van der Waals surface area contributed by atoms with Crippen LogP contribution >= 0.6 is 0 Å². The fraction of sp³-hybridized carbons (Fsp3) is 0.917. The van der Waals surface area contributed by atoms with Crippen molar-refractivity contribution in [2.24, 2.45) is 0 Å². The van der Waals surface area contributed by atoms with Gasteiger partial charge in [0.25, 0.3) is 0 Å². The normalized spacial score (nSPS) is 29.2. The zero-order valence-electron chi connectivity index (χ0n) is 11.7. The maximum absolute atomic E-state index is 10.7. The molecule has 4 nitrogen and oxygen atoms in total. The third-order valence-corrected chi connectivity index (χ3v) is 8.51. The van der Waals surface area contributed by atoms with E-state index in [-0.39, 0.29) is 5.04 Å². The summed E-state index contributed by atoms with van der Waals surface area (Å²) >= 11 is 0. The van der Waals surface area contributed by atoms with Crippen molar-refractivity contribution < 1.29 is 19.1 Å². The monoisotopic (exact) mass is 260 g/mol. The smallest absolute Gasteiger partial charge is 0.335 e. The quantitative estimate of drug-likeness (QED) is 0.610. The second-order valence-electron chi connectivity index (χ2n) is 6.51. The van der Waals surface area contributed by atoms with Crippen molar-refractivity contribution in [3.8, 4) is 0 Å². The maximum Gasteiger partial charge on any atom is 0.335 e. The minimum absolute atomic E-state index is 0.185. The molecule has 0 saturated carbocycles. The molecule has 1 aliphatic rings. The predicted molar refractivity (Wildman–Crippen MR) is 68.7 cm³/mol. The Kier molecular flexibility index (Phi) is 3.77. The summed E-state index contributed by atoms with van der Waals surface area (Å²) in [5.41, 5.74) is -0.520. The first-order valence-corrected chi connectivity index (χ1v) is 8.95. The molecule has 1 aliphatic heterocycles. The van der Waals surface area contributed by atoms with Crippen molar-refractivity contribution in [2.45, 2.75) is 64.0 Å². The molecule has 5 heteroatoms. The van der Waals surface area contributed by atoms with E-state index in [1.54, 1.807) is 0 Å². The molecule has 1 heterocycles. The van der Waals surface area contributed by atoms with E-state index in [0.717, 1.165) is 0 Å². The summed E-state index contributed by atoms with van der Waals surface area (Å²) in [7, 11) is -1.73. The van der Waals surface area contributed by atoms with E-state index in [2.05, 4.69) is 33.9 Å². The Bertz CT molecular complexity index is 308. The van der Waals surface area contributed by atoms with Gasteiger partial charge in [0.2, 0.25) is 0 Å². The van der Waals surface area contributed by atoms with Crippen LogP contribution in [0.15, 0.2) is 0 Å². The first-order chi connectivity index (χ1) is 7.50. The summed E-state index contributed by atoms with van der Waals surface area (Å²) in [6.45, 7) is 13.4. The molecule has 1 fully saturated rings. The van der Waals surface area contributed by atoms with Gasteiger partial charge in [-0.25, -0.2) is 4.79 Å². The van der Waals surface area contributed by atoms with E-state index < -0.39 is 26.0 Å². The first kappa shape index (κ1) is 14.7. The average Bonchev–Trinajstić information content (AvgIpc) is 2.75. The molecule has 17 heavy (non-hydrogen) atoms. The lowest BCUT2D eigenvalue weighted by Crippen LogP contribution is -2.41. The zero-order valence-corrected chi connectivity index (χ0v) is 12.7. The summed E-state index contributed by atoms with van der Waals surface area (Å²) in [6.07, 6.45) is 0.00161. The highest BCUT2D eigenvalue weighted by Gasteiger charge is 2.57. The molecule has 0 spiro atoms. The molecule has 0 aromatic heterocycles. The summed E-state index contributed by atoms with van der Waals surface area (Å²) < 4.78 is 11.2. The van der Waals surface area contributed by atoms with E-state index >= 15 is 0 Å². The van der Waals surface area contributed by atoms with Crippen LogP contribution in [-0.4, -0.2) is 37.7 Å². The standard InChI is InChI=1S/C12H24O4Si/c1-11(2,3)17(5,6)15-8-7-12(4)9(16-12)10(13)14/h9H,7-8H2,1-6H3,(H,13,14)/t9-,12-/m1/s1. The lowest BCUT2D eigenvalue weighted by atomic mass is 10.0. The van der Waals surface area contributed by atoms with E-state index in [1.807, 2.05) is 6.92 Å². The number of carboxylic acid groups (broad SMARTS) is 1. The summed E-state index contributed by atoms with van der Waals surface area (Å²) in [5, 5.41) is 9.01. The Morgan fingerprint density at radius 2 is 2.00 bits per heavy atom. The predicted octanol–water partition coefficient (Wildman–Crippen LogP) is 2.64. The molecule has 0 aromatic carbocycles. The van der Waals surface area contributed by atoms with E-state index in [1.165, 1.54) is 0 Å². The van der Waals surface area contributed by atoms with Gasteiger partial charge in [-0.1, -0.05) is 20.8 Å².